The number of nitrogens with two attached hydrogens (primary N) is 1. The number of halogens is 2. The van der Waals surface area contributed by atoms with Gasteiger partial charge in [-0.2, -0.15) is 0 Å². The Morgan fingerprint density at radius 1 is 1.30 bits per heavy atom. The third kappa shape index (κ3) is 5.47. The summed E-state index contributed by atoms with van der Waals surface area (Å²) < 4.78 is 5.57. The molecule has 1 aromatic rings. The highest BCUT2D eigenvalue weighted by Crippen LogP contribution is 2.27. The van der Waals surface area contributed by atoms with Crippen LogP contribution < -0.4 is 10.5 Å². The van der Waals surface area contributed by atoms with Gasteiger partial charge in [-0.25, -0.2) is 0 Å². The van der Waals surface area contributed by atoms with E-state index < -0.39 is 0 Å². The molecule has 0 aliphatic heterocycles. The van der Waals surface area contributed by atoms with E-state index in [-0.39, 0.29) is 0 Å². The molecule has 0 fully saturated rings. The van der Waals surface area contributed by atoms with Gasteiger partial charge < -0.3 is 15.4 Å². The first-order valence-corrected chi connectivity index (χ1v) is 7.46. The fraction of sp³-hybridized carbons (Fsp3) is 0.500. The maximum Gasteiger partial charge on any atom is 0.191 e. The molecule has 0 aliphatic carbocycles. The molecule has 0 radical (unpaired) electrons. The maximum absolute atomic E-state index is 6.01. The van der Waals surface area contributed by atoms with Crippen LogP contribution in [0.15, 0.2) is 23.2 Å². The van der Waals surface area contributed by atoms with Crippen molar-refractivity contribution in [2.24, 2.45) is 10.7 Å². The lowest BCUT2D eigenvalue weighted by molar-refractivity contribution is 0.313. The Balaban J connectivity index is 2.33. The topological polar surface area (TPSA) is 50.8 Å². The molecule has 0 saturated heterocycles. The summed E-state index contributed by atoms with van der Waals surface area (Å²) in [5.74, 6) is 1.22. The van der Waals surface area contributed by atoms with Crippen LogP contribution in [0.2, 0.25) is 10.0 Å². The molecular formula is C14H21Cl2N3O. The van der Waals surface area contributed by atoms with Gasteiger partial charge in [-0.15, -0.1) is 0 Å². The Morgan fingerprint density at radius 3 is 2.60 bits per heavy atom. The van der Waals surface area contributed by atoms with E-state index in [1.54, 1.807) is 18.2 Å². The van der Waals surface area contributed by atoms with Crippen LogP contribution in [0.4, 0.5) is 0 Å². The van der Waals surface area contributed by atoms with Crippen molar-refractivity contribution in [3.63, 3.8) is 0 Å². The highest BCUT2D eigenvalue weighted by molar-refractivity contribution is 6.35. The maximum atomic E-state index is 6.01. The molecule has 0 bridgehead atoms. The zero-order valence-electron chi connectivity index (χ0n) is 11.9. The summed E-state index contributed by atoms with van der Waals surface area (Å²) in [6.07, 6.45) is 0.779. The van der Waals surface area contributed by atoms with E-state index in [4.69, 9.17) is 33.7 Å². The second-order valence-corrected chi connectivity index (χ2v) is 5.03. The molecule has 0 unspecified atom stereocenters. The van der Waals surface area contributed by atoms with Crippen molar-refractivity contribution in [2.45, 2.75) is 20.3 Å². The summed E-state index contributed by atoms with van der Waals surface area (Å²) in [6.45, 7) is 7.00. The molecule has 6 heteroatoms. The Kier molecular flexibility index (Phi) is 7.55. The van der Waals surface area contributed by atoms with Crippen LogP contribution in [0.3, 0.4) is 0 Å². The van der Waals surface area contributed by atoms with E-state index in [0.717, 1.165) is 19.5 Å². The Morgan fingerprint density at radius 2 is 2.00 bits per heavy atom. The van der Waals surface area contributed by atoms with Crippen molar-refractivity contribution in [1.82, 2.24) is 4.90 Å². The number of guanidine groups is 1. The monoisotopic (exact) mass is 317 g/mol. The zero-order chi connectivity index (χ0) is 15.0. The van der Waals surface area contributed by atoms with Gasteiger partial charge in [0.05, 0.1) is 11.6 Å². The third-order valence-corrected chi connectivity index (χ3v) is 3.35. The third-order valence-electron chi connectivity index (χ3n) is 2.82. The number of ether oxygens (including phenoxy) is 1. The normalized spacial score (nSPS) is 11.5. The molecule has 0 aromatic heterocycles. The standard InChI is InChI=1S/C14H21Cl2N3O/c1-3-19(4-2)14(17)18-8-5-9-20-13-7-6-11(15)10-12(13)16/h6-7,10H,3-5,8-9H2,1-2H3,(H2,17,18). The lowest BCUT2D eigenvalue weighted by atomic mass is 10.3. The molecule has 1 rings (SSSR count). The number of hydrogen-bond acceptors (Lipinski definition) is 2. The van der Waals surface area contributed by atoms with E-state index in [1.165, 1.54) is 0 Å². The van der Waals surface area contributed by atoms with Crippen LogP contribution in [0, 0.1) is 0 Å². The van der Waals surface area contributed by atoms with Gasteiger partial charge in [0.15, 0.2) is 5.96 Å². The van der Waals surface area contributed by atoms with Gasteiger partial charge in [-0.1, -0.05) is 23.2 Å². The van der Waals surface area contributed by atoms with Crippen molar-refractivity contribution in [3.05, 3.63) is 28.2 Å². The summed E-state index contributed by atoms with van der Waals surface area (Å²) in [5, 5.41) is 1.11. The molecule has 0 heterocycles. The number of benzene rings is 1. The highest BCUT2D eigenvalue weighted by Gasteiger charge is 2.03. The molecule has 0 amide bonds. The van der Waals surface area contributed by atoms with Gasteiger partial charge in [0.25, 0.3) is 0 Å². The molecule has 0 atom stereocenters. The predicted octanol–water partition coefficient (Wildman–Crippen LogP) is 3.42. The molecular weight excluding hydrogens is 297 g/mol. The van der Waals surface area contributed by atoms with Crippen molar-refractivity contribution < 1.29 is 4.74 Å². The average Bonchev–Trinajstić information content (AvgIpc) is 2.42. The van der Waals surface area contributed by atoms with Crippen molar-refractivity contribution in [3.8, 4) is 5.75 Å². The minimum Gasteiger partial charge on any atom is -0.492 e. The number of rotatable bonds is 7. The summed E-state index contributed by atoms with van der Waals surface area (Å²) in [4.78, 5) is 6.33. The molecule has 1 aromatic carbocycles. The molecule has 20 heavy (non-hydrogen) atoms. The molecule has 112 valence electrons. The summed E-state index contributed by atoms with van der Waals surface area (Å²) in [7, 11) is 0. The van der Waals surface area contributed by atoms with Gasteiger partial charge in [0.1, 0.15) is 5.75 Å². The Labute approximate surface area is 130 Å². The Bertz CT molecular complexity index is 448. The highest BCUT2D eigenvalue weighted by atomic mass is 35.5. The first kappa shape index (κ1) is 16.9. The van der Waals surface area contributed by atoms with Gasteiger partial charge in [-0.05, 0) is 32.0 Å². The van der Waals surface area contributed by atoms with Gasteiger partial charge in [-0.3, -0.25) is 4.99 Å². The fourth-order valence-corrected chi connectivity index (χ4v) is 2.14. The smallest absolute Gasteiger partial charge is 0.191 e. The number of nitrogens with zero attached hydrogens (tertiary/aromatic N) is 2. The minimum absolute atomic E-state index is 0.517. The molecule has 0 aliphatic rings. The van der Waals surface area contributed by atoms with Gasteiger partial charge in [0, 0.05) is 31.1 Å². The quantitative estimate of drug-likeness (QED) is 0.476. The fourth-order valence-electron chi connectivity index (χ4n) is 1.68. The van der Waals surface area contributed by atoms with Crippen LogP contribution in [0.1, 0.15) is 20.3 Å². The van der Waals surface area contributed by atoms with E-state index >= 15 is 0 Å². The Hall–Kier alpha value is -1.13. The zero-order valence-corrected chi connectivity index (χ0v) is 13.4. The van der Waals surface area contributed by atoms with E-state index in [1.807, 2.05) is 4.90 Å². The number of aliphatic imine (C=N–C) groups is 1. The first-order valence-electron chi connectivity index (χ1n) is 6.71. The van der Waals surface area contributed by atoms with Gasteiger partial charge in [0.2, 0.25) is 0 Å². The molecule has 0 spiro atoms. The van der Waals surface area contributed by atoms with Crippen molar-refractivity contribution >= 4 is 29.2 Å². The van der Waals surface area contributed by atoms with Crippen LogP contribution in [-0.2, 0) is 0 Å². The summed E-state index contributed by atoms with van der Waals surface area (Å²) in [5.41, 5.74) is 5.87. The minimum atomic E-state index is 0.517. The van der Waals surface area contributed by atoms with E-state index in [9.17, 15) is 0 Å². The first-order chi connectivity index (χ1) is 9.58. The van der Waals surface area contributed by atoms with Crippen LogP contribution in [-0.4, -0.2) is 37.1 Å². The average molecular weight is 318 g/mol. The summed E-state index contributed by atoms with van der Waals surface area (Å²) >= 11 is 11.8. The second kappa shape index (κ2) is 8.93. The second-order valence-electron chi connectivity index (χ2n) is 4.19. The van der Waals surface area contributed by atoms with E-state index in [2.05, 4.69) is 18.8 Å². The van der Waals surface area contributed by atoms with Crippen LogP contribution in [0.25, 0.3) is 0 Å². The lowest BCUT2D eigenvalue weighted by Gasteiger charge is -2.19. The molecule has 0 saturated carbocycles. The van der Waals surface area contributed by atoms with Crippen LogP contribution >= 0.6 is 23.2 Å². The van der Waals surface area contributed by atoms with Crippen molar-refractivity contribution in [2.75, 3.05) is 26.2 Å². The lowest BCUT2D eigenvalue weighted by Crippen LogP contribution is -2.37. The molecule has 4 nitrogen and oxygen atoms in total. The number of hydrogen-bond donors (Lipinski definition) is 1. The SMILES string of the molecule is CCN(CC)C(N)=NCCCOc1ccc(Cl)cc1Cl. The summed E-state index contributed by atoms with van der Waals surface area (Å²) in [6, 6.07) is 5.17. The van der Waals surface area contributed by atoms with E-state index in [0.29, 0.717) is 34.9 Å². The van der Waals surface area contributed by atoms with Crippen LogP contribution in [0.5, 0.6) is 5.75 Å². The largest absolute Gasteiger partial charge is 0.492 e. The van der Waals surface area contributed by atoms with Gasteiger partial charge >= 0.3 is 0 Å². The predicted molar refractivity (Wildman–Crippen MR) is 86.0 cm³/mol. The van der Waals surface area contributed by atoms with Crippen molar-refractivity contribution in [1.29, 1.82) is 0 Å². The molecule has 2 N–H and O–H groups in total.